The third kappa shape index (κ3) is 5.27. The van der Waals surface area contributed by atoms with E-state index in [9.17, 15) is 4.79 Å². The monoisotopic (exact) mass is 300 g/mol. The van der Waals surface area contributed by atoms with Crippen molar-refractivity contribution in [2.24, 2.45) is 0 Å². The Morgan fingerprint density at radius 2 is 1.71 bits per heavy atom. The molecule has 0 radical (unpaired) electrons. The lowest BCUT2D eigenvalue weighted by molar-refractivity contribution is 0.102. The van der Waals surface area contributed by atoms with Crippen LogP contribution >= 0.6 is 11.8 Å². The quantitative estimate of drug-likeness (QED) is 0.700. The van der Waals surface area contributed by atoms with E-state index in [1.54, 1.807) is 11.8 Å². The Bertz CT molecular complexity index is 562. The zero-order chi connectivity index (χ0) is 15.1. The number of benzene rings is 2. The van der Waals surface area contributed by atoms with Gasteiger partial charge in [-0.2, -0.15) is 11.8 Å². The van der Waals surface area contributed by atoms with Crippen LogP contribution in [0.4, 0.5) is 0 Å². The molecule has 0 heterocycles. The van der Waals surface area contributed by atoms with E-state index in [-0.39, 0.29) is 5.78 Å². The van der Waals surface area contributed by atoms with E-state index in [0.717, 1.165) is 16.9 Å². The molecule has 110 valence electrons. The molecule has 0 unspecified atom stereocenters. The summed E-state index contributed by atoms with van der Waals surface area (Å²) in [7, 11) is 0. The first-order valence-corrected chi connectivity index (χ1v) is 8.11. The molecule has 0 aliphatic heterocycles. The highest BCUT2D eigenvalue weighted by Gasteiger charge is 2.07. The third-order valence-electron chi connectivity index (χ3n) is 2.97. The number of thioether (sulfide) groups is 1. The van der Waals surface area contributed by atoms with Gasteiger partial charge in [0, 0.05) is 5.56 Å². The molecule has 0 saturated heterocycles. The fourth-order valence-electron chi connectivity index (χ4n) is 1.80. The maximum Gasteiger partial charge on any atom is 0.172 e. The van der Waals surface area contributed by atoms with Gasteiger partial charge in [0.25, 0.3) is 0 Å². The van der Waals surface area contributed by atoms with Gasteiger partial charge in [-0.1, -0.05) is 44.2 Å². The van der Waals surface area contributed by atoms with Crippen molar-refractivity contribution in [2.45, 2.75) is 25.7 Å². The standard InChI is InChI=1S/C18H20O2S/c1-14(2)21-13-18(19)16-8-10-17(11-9-16)20-12-15-6-4-3-5-7-15/h3-11,14H,12-13H2,1-2H3. The number of ether oxygens (including phenoxy) is 1. The number of carbonyl (C=O) groups is 1. The van der Waals surface area contributed by atoms with Gasteiger partial charge in [0.2, 0.25) is 0 Å². The van der Waals surface area contributed by atoms with E-state index < -0.39 is 0 Å². The summed E-state index contributed by atoms with van der Waals surface area (Å²) in [6, 6.07) is 17.4. The van der Waals surface area contributed by atoms with Crippen LogP contribution in [0, 0.1) is 0 Å². The zero-order valence-corrected chi connectivity index (χ0v) is 13.2. The van der Waals surface area contributed by atoms with Gasteiger partial charge in [-0.05, 0) is 35.1 Å². The fourth-order valence-corrected chi connectivity index (χ4v) is 2.46. The molecule has 0 N–H and O–H groups in total. The second-order valence-corrected chi connectivity index (χ2v) is 6.65. The highest BCUT2D eigenvalue weighted by molar-refractivity contribution is 8.00. The first kappa shape index (κ1) is 15.6. The average Bonchev–Trinajstić information content (AvgIpc) is 2.52. The summed E-state index contributed by atoms with van der Waals surface area (Å²) >= 11 is 1.67. The minimum Gasteiger partial charge on any atom is -0.489 e. The second-order valence-electron chi connectivity index (χ2n) is 5.08. The molecule has 2 aromatic carbocycles. The maximum absolute atomic E-state index is 12.0. The lowest BCUT2D eigenvalue weighted by atomic mass is 10.1. The first-order valence-electron chi connectivity index (χ1n) is 7.07. The van der Waals surface area contributed by atoms with Gasteiger partial charge in [-0.15, -0.1) is 0 Å². The molecule has 0 aromatic heterocycles. The number of ketones is 1. The van der Waals surface area contributed by atoms with Crippen molar-refractivity contribution >= 4 is 17.5 Å². The first-order chi connectivity index (χ1) is 10.1. The molecule has 2 nitrogen and oxygen atoms in total. The number of hydrogen-bond acceptors (Lipinski definition) is 3. The molecule has 0 fully saturated rings. The van der Waals surface area contributed by atoms with Gasteiger partial charge in [0.1, 0.15) is 12.4 Å². The van der Waals surface area contributed by atoms with Crippen LogP contribution in [-0.2, 0) is 6.61 Å². The zero-order valence-electron chi connectivity index (χ0n) is 12.4. The molecule has 0 saturated carbocycles. The lowest BCUT2D eigenvalue weighted by Gasteiger charge is -2.08. The molecule has 2 rings (SSSR count). The van der Waals surface area contributed by atoms with Gasteiger partial charge in [-0.25, -0.2) is 0 Å². The Morgan fingerprint density at radius 1 is 1.05 bits per heavy atom. The van der Waals surface area contributed by atoms with Gasteiger partial charge in [0.15, 0.2) is 5.78 Å². The summed E-state index contributed by atoms with van der Waals surface area (Å²) in [4.78, 5) is 12.0. The highest BCUT2D eigenvalue weighted by atomic mass is 32.2. The molecule has 3 heteroatoms. The van der Waals surface area contributed by atoms with Crippen LogP contribution in [0.15, 0.2) is 54.6 Å². The summed E-state index contributed by atoms with van der Waals surface area (Å²) in [6.07, 6.45) is 0. The topological polar surface area (TPSA) is 26.3 Å². The summed E-state index contributed by atoms with van der Waals surface area (Å²) in [5.41, 5.74) is 1.88. The number of carbonyl (C=O) groups excluding carboxylic acids is 1. The van der Waals surface area contributed by atoms with Gasteiger partial charge in [-0.3, -0.25) is 4.79 Å². The third-order valence-corrected chi connectivity index (χ3v) is 4.07. The number of rotatable bonds is 7. The Labute approximate surface area is 130 Å². The number of Topliss-reactive ketones (excluding diaryl/α,β-unsaturated/α-hetero) is 1. The Kier molecular flexibility index (Phi) is 5.88. The van der Waals surface area contributed by atoms with Crippen LogP contribution < -0.4 is 4.74 Å². The van der Waals surface area contributed by atoms with Crippen molar-refractivity contribution in [3.05, 3.63) is 65.7 Å². The molecular formula is C18H20O2S. The van der Waals surface area contributed by atoms with E-state index in [1.807, 2.05) is 54.6 Å². The SMILES string of the molecule is CC(C)SCC(=O)c1ccc(OCc2ccccc2)cc1. The molecule has 0 spiro atoms. The van der Waals surface area contributed by atoms with Crippen LogP contribution in [0.5, 0.6) is 5.75 Å². The van der Waals surface area contributed by atoms with Gasteiger partial charge < -0.3 is 4.74 Å². The van der Waals surface area contributed by atoms with E-state index in [1.165, 1.54) is 0 Å². The Hall–Kier alpha value is -1.74. The van der Waals surface area contributed by atoms with E-state index in [0.29, 0.717) is 17.6 Å². The van der Waals surface area contributed by atoms with Crippen molar-refractivity contribution in [3.8, 4) is 5.75 Å². The van der Waals surface area contributed by atoms with Crippen molar-refractivity contribution in [1.82, 2.24) is 0 Å². The molecule has 0 bridgehead atoms. The van der Waals surface area contributed by atoms with Crippen molar-refractivity contribution < 1.29 is 9.53 Å². The molecule has 0 aliphatic carbocycles. The minimum atomic E-state index is 0.170. The predicted molar refractivity (Wildman–Crippen MR) is 89.1 cm³/mol. The number of hydrogen-bond donors (Lipinski definition) is 0. The van der Waals surface area contributed by atoms with Crippen LogP contribution in [0.2, 0.25) is 0 Å². The molecule has 0 amide bonds. The lowest BCUT2D eigenvalue weighted by Crippen LogP contribution is -2.05. The molecule has 2 aromatic rings. The van der Waals surface area contributed by atoms with Crippen LogP contribution in [-0.4, -0.2) is 16.8 Å². The normalized spacial score (nSPS) is 10.6. The minimum absolute atomic E-state index is 0.170. The summed E-state index contributed by atoms with van der Waals surface area (Å²) in [5, 5.41) is 0.474. The molecule has 21 heavy (non-hydrogen) atoms. The van der Waals surface area contributed by atoms with Crippen molar-refractivity contribution in [1.29, 1.82) is 0 Å². The molecule has 0 aliphatic rings. The van der Waals surface area contributed by atoms with Gasteiger partial charge >= 0.3 is 0 Å². The Balaban J connectivity index is 1.88. The smallest absolute Gasteiger partial charge is 0.172 e. The van der Waals surface area contributed by atoms with Gasteiger partial charge in [0.05, 0.1) is 5.75 Å². The second kappa shape index (κ2) is 7.89. The maximum atomic E-state index is 12.0. The summed E-state index contributed by atoms with van der Waals surface area (Å²) in [5.74, 6) is 1.48. The summed E-state index contributed by atoms with van der Waals surface area (Å²) in [6.45, 7) is 4.73. The average molecular weight is 300 g/mol. The van der Waals surface area contributed by atoms with Crippen LogP contribution in [0.25, 0.3) is 0 Å². The van der Waals surface area contributed by atoms with E-state index >= 15 is 0 Å². The largest absolute Gasteiger partial charge is 0.489 e. The van der Waals surface area contributed by atoms with E-state index in [2.05, 4.69) is 13.8 Å². The fraction of sp³-hybridized carbons (Fsp3) is 0.278. The molecular weight excluding hydrogens is 280 g/mol. The highest BCUT2D eigenvalue weighted by Crippen LogP contribution is 2.17. The van der Waals surface area contributed by atoms with Crippen LogP contribution in [0.3, 0.4) is 0 Å². The van der Waals surface area contributed by atoms with Crippen molar-refractivity contribution in [2.75, 3.05) is 5.75 Å². The van der Waals surface area contributed by atoms with E-state index in [4.69, 9.17) is 4.74 Å². The predicted octanol–water partition coefficient (Wildman–Crippen LogP) is 4.59. The van der Waals surface area contributed by atoms with Crippen LogP contribution in [0.1, 0.15) is 29.8 Å². The summed E-state index contributed by atoms with van der Waals surface area (Å²) < 4.78 is 5.71. The Morgan fingerprint density at radius 3 is 2.33 bits per heavy atom. The van der Waals surface area contributed by atoms with Crippen molar-refractivity contribution in [3.63, 3.8) is 0 Å². The molecule has 0 atom stereocenters.